The summed E-state index contributed by atoms with van der Waals surface area (Å²) in [6.07, 6.45) is 0. The van der Waals surface area contributed by atoms with Gasteiger partial charge in [-0.2, -0.15) is 0 Å². The Morgan fingerprint density at radius 2 is 1.96 bits per heavy atom. The lowest BCUT2D eigenvalue weighted by molar-refractivity contribution is 0.658. The van der Waals surface area contributed by atoms with Crippen molar-refractivity contribution in [1.82, 2.24) is 9.55 Å². The summed E-state index contributed by atoms with van der Waals surface area (Å²) in [6.45, 7) is 1.94. The van der Waals surface area contributed by atoms with Gasteiger partial charge in [-0.15, -0.1) is 0 Å². The van der Waals surface area contributed by atoms with Crippen LogP contribution >= 0.6 is 11.6 Å². The van der Waals surface area contributed by atoms with Crippen molar-refractivity contribution >= 4 is 33.7 Å². The molecule has 0 aliphatic heterocycles. The minimum absolute atomic E-state index is 0.100. The van der Waals surface area contributed by atoms with Gasteiger partial charge in [0.25, 0.3) is 5.56 Å². The Kier molecular flexibility index (Phi) is 2.92. The third-order valence-electron chi connectivity index (χ3n) is 3.74. The first-order valence-corrected chi connectivity index (χ1v) is 7.36. The van der Waals surface area contributed by atoms with Crippen LogP contribution in [0.5, 0.6) is 0 Å². The third kappa shape index (κ3) is 2.09. The summed E-state index contributed by atoms with van der Waals surface area (Å²) in [7, 11) is 0. The second-order valence-electron chi connectivity index (χ2n) is 5.35. The molecule has 0 radical (unpaired) electrons. The van der Waals surface area contributed by atoms with Crippen molar-refractivity contribution in [3.05, 3.63) is 73.9 Å². The maximum Gasteiger partial charge on any atom is 0.333 e. The van der Waals surface area contributed by atoms with Crippen LogP contribution in [-0.4, -0.2) is 9.55 Å². The molecule has 4 aromatic rings. The number of furan rings is 1. The molecule has 114 valence electrons. The van der Waals surface area contributed by atoms with Gasteiger partial charge >= 0.3 is 5.69 Å². The second-order valence-corrected chi connectivity index (χ2v) is 5.79. The molecule has 0 fully saturated rings. The molecule has 2 aromatic carbocycles. The first kappa shape index (κ1) is 13.8. The van der Waals surface area contributed by atoms with Crippen LogP contribution in [-0.2, 0) is 0 Å². The third-order valence-corrected chi connectivity index (χ3v) is 3.97. The topological polar surface area (TPSA) is 68.0 Å². The van der Waals surface area contributed by atoms with E-state index in [9.17, 15) is 9.59 Å². The van der Waals surface area contributed by atoms with E-state index in [1.54, 1.807) is 24.3 Å². The summed E-state index contributed by atoms with van der Waals surface area (Å²) in [5.41, 5.74) is 1.61. The Morgan fingerprint density at radius 1 is 1.13 bits per heavy atom. The van der Waals surface area contributed by atoms with E-state index < -0.39 is 11.2 Å². The zero-order valence-corrected chi connectivity index (χ0v) is 12.8. The van der Waals surface area contributed by atoms with Crippen LogP contribution < -0.4 is 11.2 Å². The number of fused-ring (bicyclic) bond motifs is 3. The molecule has 0 saturated heterocycles. The average Bonchev–Trinajstić information content (AvgIpc) is 2.86. The number of halogens is 1. The van der Waals surface area contributed by atoms with Gasteiger partial charge in [-0.3, -0.25) is 14.3 Å². The lowest BCUT2D eigenvalue weighted by Crippen LogP contribution is -2.28. The van der Waals surface area contributed by atoms with Crippen molar-refractivity contribution in [1.29, 1.82) is 0 Å². The van der Waals surface area contributed by atoms with Gasteiger partial charge < -0.3 is 4.42 Å². The largest absolute Gasteiger partial charge is 0.449 e. The predicted molar refractivity (Wildman–Crippen MR) is 89.7 cm³/mol. The molecule has 6 heteroatoms. The Morgan fingerprint density at radius 3 is 2.74 bits per heavy atom. The van der Waals surface area contributed by atoms with Gasteiger partial charge in [0, 0.05) is 16.5 Å². The molecule has 0 unspecified atom stereocenters. The lowest BCUT2D eigenvalue weighted by atomic mass is 10.2. The smallest absolute Gasteiger partial charge is 0.333 e. The summed E-state index contributed by atoms with van der Waals surface area (Å²) >= 11 is 5.98. The Balaban J connectivity index is 2.26. The summed E-state index contributed by atoms with van der Waals surface area (Å²) in [5, 5.41) is 1.16. The van der Waals surface area contributed by atoms with Crippen molar-refractivity contribution in [3.8, 4) is 5.69 Å². The van der Waals surface area contributed by atoms with Crippen LogP contribution in [0.4, 0.5) is 0 Å². The summed E-state index contributed by atoms with van der Waals surface area (Å²) in [4.78, 5) is 26.8. The van der Waals surface area contributed by atoms with Crippen LogP contribution in [0.25, 0.3) is 27.8 Å². The summed E-state index contributed by atoms with van der Waals surface area (Å²) in [6, 6.07) is 12.5. The summed E-state index contributed by atoms with van der Waals surface area (Å²) < 4.78 is 7.07. The molecule has 0 spiro atoms. The highest BCUT2D eigenvalue weighted by atomic mass is 35.5. The number of rotatable bonds is 1. The average molecular weight is 327 g/mol. The first-order chi connectivity index (χ1) is 11.0. The number of hydrogen-bond donors (Lipinski definition) is 1. The normalized spacial score (nSPS) is 11.4. The van der Waals surface area contributed by atoms with Crippen molar-refractivity contribution in [2.75, 3.05) is 0 Å². The minimum atomic E-state index is -0.554. The van der Waals surface area contributed by atoms with Crippen LogP contribution in [0, 0.1) is 6.92 Å². The van der Waals surface area contributed by atoms with Crippen molar-refractivity contribution in [3.63, 3.8) is 0 Å². The predicted octanol–water partition coefficient (Wildman–Crippen LogP) is 3.39. The van der Waals surface area contributed by atoms with E-state index in [-0.39, 0.29) is 5.58 Å². The Labute approximate surface area is 134 Å². The van der Waals surface area contributed by atoms with Gasteiger partial charge in [-0.25, -0.2) is 4.79 Å². The van der Waals surface area contributed by atoms with Crippen LogP contribution in [0.3, 0.4) is 0 Å². The quantitative estimate of drug-likeness (QED) is 0.583. The minimum Gasteiger partial charge on any atom is -0.449 e. The Bertz CT molecular complexity index is 1180. The number of nitrogens with zero attached hydrogens (tertiary/aromatic N) is 1. The van der Waals surface area contributed by atoms with Gasteiger partial charge in [-0.1, -0.05) is 23.7 Å². The van der Waals surface area contributed by atoms with Crippen molar-refractivity contribution in [2.45, 2.75) is 6.92 Å². The van der Waals surface area contributed by atoms with Gasteiger partial charge in [0.1, 0.15) is 11.1 Å². The van der Waals surface area contributed by atoms with E-state index >= 15 is 0 Å². The van der Waals surface area contributed by atoms with E-state index in [1.807, 2.05) is 25.1 Å². The molecule has 0 aliphatic rings. The van der Waals surface area contributed by atoms with Gasteiger partial charge in [0.2, 0.25) is 5.58 Å². The molecular formula is C17H11ClN2O3. The maximum absolute atomic E-state index is 12.4. The number of aryl methyl sites for hydroxylation is 1. The number of H-pyrrole nitrogens is 1. The number of benzene rings is 2. The maximum atomic E-state index is 12.4. The van der Waals surface area contributed by atoms with E-state index in [1.165, 1.54) is 4.57 Å². The van der Waals surface area contributed by atoms with E-state index in [0.717, 1.165) is 5.56 Å². The number of aromatic amines is 1. The van der Waals surface area contributed by atoms with Crippen molar-refractivity contribution < 1.29 is 4.42 Å². The van der Waals surface area contributed by atoms with E-state index in [0.29, 0.717) is 27.2 Å². The molecule has 5 nitrogen and oxygen atoms in total. The van der Waals surface area contributed by atoms with Crippen LogP contribution in [0.2, 0.25) is 5.02 Å². The zero-order chi connectivity index (χ0) is 16.1. The van der Waals surface area contributed by atoms with Crippen LogP contribution in [0.1, 0.15) is 5.56 Å². The molecule has 2 aromatic heterocycles. The molecule has 1 N–H and O–H groups in total. The van der Waals surface area contributed by atoms with Gasteiger partial charge in [0.05, 0.1) is 5.69 Å². The fraction of sp³-hybridized carbons (Fsp3) is 0.0588. The number of hydrogen-bond acceptors (Lipinski definition) is 3. The standard InChI is InChI=1S/C17H11ClN2O3/c1-9-3-2-4-11(7-9)20-14-12-6-5-10(18)8-13(12)23-15(14)16(21)19-17(20)22/h2-8H,1H3,(H,19,21,22). The fourth-order valence-electron chi connectivity index (χ4n) is 2.76. The SMILES string of the molecule is Cc1cccc(-n2c(=O)[nH]c(=O)c3oc4cc(Cl)ccc4c32)c1. The highest BCUT2D eigenvalue weighted by Gasteiger charge is 2.17. The highest BCUT2D eigenvalue weighted by molar-refractivity contribution is 6.31. The first-order valence-electron chi connectivity index (χ1n) is 6.99. The molecule has 0 atom stereocenters. The summed E-state index contributed by atoms with van der Waals surface area (Å²) in [5.74, 6) is 0. The molecule has 4 rings (SSSR count). The van der Waals surface area contributed by atoms with Gasteiger partial charge in [-0.05, 0) is 36.8 Å². The number of aromatic nitrogens is 2. The molecule has 23 heavy (non-hydrogen) atoms. The molecule has 0 bridgehead atoms. The Hall–Kier alpha value is -2.79. The molecule has 0 saturated carbocycles. The second kappa shape index (κ2) is 4.86. The lowest BCUT2D eigenvalue weighted by Gasteiger charge is -2.07. The van der Waals surface area contributed by atoms with E-state index in [2.05, 4.69) is 4.98 Å². The van der Waals surface area contributed by atoms with Crippen LogP contribution in [0.15, 0.2) is 56.5 Å². The molecule has 0 aliphatic carbocycles. The van der Waals surface area contributed by atoms with Crippen molar-refractivity contribution in [2.24, 2.45) is 0 Å². The monoisotopic (exact) mass is 326 g/mol. The molecule has 2 heterocycles. The fourth-order valence-corrected chi connectivity index (χ4v) is 2.92. The molecular weight excluding hydrogens is 316 g/mol. The number of nitrogens with one attached hydrogen (secondary N) is 1. The van der Waals surface area contributed by atoms with Gasteiger partial charge in [0.15, 0.2) is 0 Å². The highest BCUT2D eigenvalue weighted by Crippen LogP contribution is 2.29. The molecule has 0 amide bonds. The van der Waals surface area contributed by atoms with E-state index in [4.69, 9.17) is 16.0 Å². The zero-order valence-electron chi connectivity index (χ0n) is 12.1.